The highest BCUT2D eigenvalue weighted by atomic mass is 35.5. The van der Waals surface area contributed by atoms with Crippen LogP contribution in [-0.2, 0) is 9.53 Å². The fraction of sp³-hybridized carbons (Fsp3) is 0.333. The lowest BCUT2D eigenvalue weighted by Gasteiger charge is -2.29. The van der Waals surface area contributed by atoms with Gasteiger partial charge in [-0.05, 0) is 25.6 Å². The number of carbonyl (C=O) groups excluding carboxylic acids is 1. The standard InChI is InChI=1S/C18H23ClF2N4O2/c1-6-8-22-10-14(19)13(5)24-18(26)12(4)16-17(15(7-2)25(20)21)27-11(3)9-23-16/h7-8,10-11,23H,4-6,9H2,1-3H3,(H,24,26)/b14-10+,15-7+,22-8?/t11-/m0/s1. The highest BCUT2D eigenvalue weighted by Gasteiger charge is 2.29. The molecule has 0 aromatic rings. The molecule has 6 nitrogen and oxygen atoms in total. The molecule has 0 aliphatic carbocycles. The van der Waals surface area contributed by atoms with E-state index in [2.05, 4.69) is 28.8 Å². The normalized spacial score (nSPS) is 18.1. The lowest BCUT2D eigenvalue weighted by atomic mass is 10.1. The Bertz CT molecular complexity index is 727. The molecule has 1 rings (SSSR count). The van der Waals surface area contributed by atoms with Crippen molar-refractivity contribution in [2.24, 2.45) is 4.99 Å². The minimum absolute atomic E-state index is 0.0657. The predicted octanol–water partition coefficient (Wildman–Crippen LogP) is 3.93. The summed E-state index contributed by atoms with van der Waals surface area (Å²) >= 11 is 6.00. The molecule has 1 aliphatic heterocycles. The van der Waals surface area contributed by atoms with Crippen LogP contribution in [0.1, 0.15) is 27.2 Å². The van der Waals surface area contributed by atoms with Crippen molar-refractivity contribution in [2.75, 3.05) is 6.54 Å². The molecule has 1 amide bonds. The van der Waals surface area contributed by atoms with E-state index in [4.69, 9.17) is 16.3 Å². The molecule has 0 radical (unpaired) electrons. The average molecular weight is 401 g/mol. The summed E-state index contributed by atoms with van der Waals surface area (Å²) in [7, 11) is 0. The van der Waals surface area contributed by atoms with Crippen molar-refractivity contribution in [1.82, 2.24) is 16.0 Å². The summed E-state index contributed by atoms with van der Waals surface area (Å²) in [6.45, 7) is 12.7. The number of hydrogen-bond donors (Lipinski definition) is 2. The quantitative estimate of drug-likeness (QED) is 0.280. The summed E-state index contributed by atoms with van der Waals surface area (Å²) in [5.74, 6) is -0.829. The minimum Gasteiger partial charge on any atom is -0.484 e. The number of carbonyl (C=O) groups is 1. The summed E-state index contributed by atoms with van der Waals surface area (Å²) in [6, 6.07) is 0. The Morgan fingerprint density at radius 3 is 2.74 bits per heavy atom. The number of allylic oxidation sites excluding steroid dienone is 2. The van der Waals surface area contributed by atoms with E-state index in [0.29, 0.717) is 6.54 Å². The van der Waals surface area contributed by atoms with E-state index < -0.39 is 16.9 Å². The second-order valence-corrected chi connectivity index (χ2v) is 5.96. The van der Waals surface area contributed by atoms with Gasteiger partial charge in [-0.15, -0.1) is 0 Å². The van der Waals surface area contributed by atoms with Crippen LogP contribution in [-0.4, -0.2) is 30.1 Å². The fourth-order valence-corrected chi connectivity index (χ4v) is 2.16. The summed E-state index contributed by atoms with van der Waals surface area (Å²) < 4.78 is 31.8. The maximum absolute atomic E-state index is 13.2. The maximum Gasteiger partial charge on any atom is 0.257 e. The van der Waals surface area contributed by atoms with Crippen LogP contribution in [0.5, 0.6) is 0 Å². The molecule has 0 saturated carbocycles. The Kier molecular flexibility index (Phi) is 8.74. The number of nitrogens with one attached hydrogen (secondary N) is 2. The summed E-state index contributed by atoms with van der Waals surface area (Å²) in [5.41, 5.74) is -0.410. The van der Waals surface area contributed by atoms with Crippen molar-refractivity contribution in [3.05, 3.63) is 58.9 Å². The monoisotopic (exact) mass is 400 g/mol. The molecule has 0 fully saturated rings. The lowest BCUT2D eigenvalue weighted by molar-refractivity contribution is -0.122. The summed E-state index contributed by atoms with van der Waals surface area (Å²) in [5, 5.41) is 4.42. The molecular weight excluding hydrogens is 378 g/mol. The third-order valence-corrected chi connectivity index (χ3v) is 3.73. The molecule has 1 heterocycles. The van der Waals surface area contributed by atoms with Gasteiger partial charge in [-0.25, -0.2) is 0 Å². The molecular formula is C18H23ClF2N4O2. The predicted molar refractivity (Wildman–Crippen MR) is 103 cm³/mol. The number of rotatable bonds is 8. The van der Waals surface area contributed by atoms with E-state index in [0.717, 1.165) is 6.42 Å². The van der Waals surface area contributed by atoms with Crippen molar-refractivity contribution in [2.45, 2.75) is 33.3 Å². The number of nitrogens with zero attached hydrogens (tertiary/aromatic N) is 2. The van der Waals surface area contributed by atoms with Crippen molar-refractivity contribution in [1.29, 1.82) is 0 Å². The number of aliphatic imine (C=N–C) groups is 1. The zero-order valence-electron chi connectivity index (χ0n) is 15.5. The van der Waals surface area contributed by atoms with Gasteiger partial charge in [0.1, 0.15) is 11.8 Å². The molecule has 148 valence electrons. The van der Waals surface area contributed by atoms with Gasteiger partial charge in [0.05, 0.1) is 28.5 Å². The van der Waals surface area contributed by atoms with Gasteiger partial charge < -0.3 is 15.4 Å². The summed E-state index contributed by atoms with van der Waals surface area (Å²) in [6.07, 6.45) is 4.51. The molecule has 27 heavy (non-hydrogen) atoms. The van der Waals surface area contributed by atoms with E-state index >= 15 is 0 Å². The smallest absolute Gasteiger partial charge is 0.257 e. The Hall–Kier alpha value is -2.61. The number of amides is 1. The highest BCUT2D eigenvalue weighted by Crippen LogP contribution is 2.28. The molecule has 1 atom stereocenters. The fourth-order valence-electron chi connectivity index (χ4n) is 2.05. The second-order valence-electron chi connectivity index (χ2n) is 5.55. The first kappa shape index (κ1) is 22.4. The van der Waals surface area contributed by atoms with Crippen LogP contribution >= 0.6 is 11.6 Å². The largest absolute Gasteiger partial charge is 0.484 e. The molecule has 0 unspecified atom stereocenters. The van der Waals surface area contributed by atoms with Gasteiger partial charge >= 0.3 is 0 Å². The van der Waals surface area contributed by atoms with Crippen LogP contribution in [0, 0.1) is 0 Å². The molecule has 0 aromatic carbocycles. The van der Waals surface area contributed by atoms with Gasteiger partial charge in [0.25, 0.3) is 5.91 Å². The van der Waals surface area contributed by atoms with Crippen molar-refractivity contribution >= 4 is 23.7 Å². The van der Waals surface area contributed by atoms with Crippen molar-refractivity contribution < 1.29 is 18.5 Å². The average Bonchev–Trinajstić information content (AvgIpc) is 2.61. The Morgan fingerprint density at radius 1 is 1.52 bits per heavy atom. The third-order valence-electron chi connectivity index (χ3n) is 3.41. The SMILES string of the molecule is C=C(C(=O)NC(=C)/C(Cl)=C\N=CCC)C1=C(/C(=C\C)N(F)F)O[C@@H](C)CN1. The lowest BCUT2D eigenvalue weighted by Crippen LogP contribution is -2.38. The zero-order chi connectivity index (χ0) is 20.6. The second kappa shape index (κ2) is 10.5. The van der Waals surface area contributed by atoms with Gasteiger partial charge in [-0.2, -0.15) is 0 Å². The van der Waals surface area contributed by atoms with Crippen LogP contribution in [0.2, 0.25) is 0 Å². The van der Waals surface area contributed by atoms with Gasteiger partial charge in [0, 0.05) is 12.4 Å². The van der Waals surface area contributed by atoms with E-state index in [9.17, 15) is 13.8 Å². The molecule has 0 aromatic heterocycles. The molecule has 9 heteroatoms. The maximum atomic E-state index is 13.2. The molecule has 0 spiro atoms. The first-order valence-corrected chi connectivity index (χ1v) is 8.61. The Morgan fingerprint density at radius 2 is 2.19 bits per heavy atom. The van der Waals surface area contributed by atoms with E-state index in [1.54, 1.807) is 13.1 Å². The van der Waals surface area contributed by atoms with Gasteiger partial charge in [-0.1, -0.05) is 46.7 Å². The van der Waals surface area contributed by atoms with Gasteiger partial charge in [-0.3, -0.25) is 9.79 Å². The van der Waals surface area contributed by atoms with E-state index in [1.807, 2.05) is 6.92 Å². The van der Waals surface area contributed by atoms with Gasteiger partial charge in [0.15, 0.2) is 5.76 Å². The number of halogens is 3. The number of hydrogen-bond acceptors (Lipinski definition) is 5. The molecule has 1 aliphatic rings. The zero-order valence-corrected chi connectivity index (χ0v) is 16.2. The van der Waals surface area contributed by atoms with E-state index in [-0.39, 0.29) is 33.9 Å². The molecule has 0 saturated heterocycles. The van der Waals surface area contributed by atoms with Crippen LogP contribution in [0.25, 0.3) is 0 Å². The van der Waals surface area contributed by atoms with Crippen molar-refractivity contribution in [3.8, 4) is 0 Å². The Labute approximate surface area is 162 Å². The Balaban J connectivity index is 3.06. The molecule has 0 bridgehead atoms. The number of ether oxygens (including phenoxy) is 1. The van der Waals surface area contributed by atoms with Gasteiger partial charge in [0.2, 0.25) is 0 Å². The highest BCUT2D eigenvalue weighted by molar-refractivity contribution is 6.32. The van der Waals surface area contributed by atoms with Crippen LogP contribution < -0.4 is 10.6 Å². The minimum atomic E-state index is -1.08. The van der Waals surface area contributed by atoms with Crippen LogP contribution in [0.4, 0.5) is 8.96 Å². The topological polar surface area (TPSA) is 66.0 Å². The first-order chi connectivity index (χ1) is 12.7. The molecule has 2 N–H and O–H groups in total. The van der Waals surface area contributed by atoms with Crippen LogP contribution in [0.3, 0.4) is 0 Å². The third kappa shape index (κ3) is 6.25. The van der Waals surface area contributed by atoms with Crippen molar-refractivity contribution in [3.63, 3.8) is 0 Å². The first-order valence-electron chi connectivity index (χ1n) is 8.23. The van der Waals surface area contributed by atoms with Crippen LogP contribution in [0.15, 0.2) is 63.9 Å². The summed E-state index contributed by atoms with van der Waals surface area (Å²) in [4.78, 5) is 16.4. The van der Waals surface area contributed by atoms with E-state index in [1.165, 1.54) is 19.2 Å².